The molecule has 2 aliphatic heterocycles. The van der Waals surface area contributed by atoms with Crippen LogP contribution >= 0.6 is 23.5 Å². The van der Waals surface area contributed by atoms with Gasteiger partial charge in [0.25, 0.3) is 0 Å². The molecule has 1 saturated heterocycles. The van der Waals surface area contributed by atoms with Crippen LogP contribution in [0.25, 0.3) is 0 Å². The van der Waals surface area contributed by atoms with Gasteiger partial charge < -0.3 is 9.33 Å². The zero-order valence-corrected chi connectivity index (χ0v) is 22.3. The molecule has 0 spiro atoms. The van der Waals surface area contributed by atoms with Crippen LogP contribution in [-0.4, -0.2) is 30.6 Å². The van der Waals surface area contributed by atoms with E-state index in [1.807, 2.05) is 28.4 Å². The summed E-state index contributed by atoms with van der Waals surface area (Å²) in [7, 11) is -1.92. The number of carbonyl (C=O) groups excluding carboxylic acids is 1. The molecule has 2 heterocycles. The monoisotopic (exact) mass is 463 g/mol. The normalized spacial score (nSPS) is 24.0. The van der Waals surface area contributed by atoms with Crippen LogP contribution < -0.4 is 0 Å². The van der Waals surface area contributed by atoms with Gasteiger partial charge in [-0.2, -0.15) is 0 Å². The van der Waals surface area contributed by atoms with E-state index in [1.165, 1.54) is 9.80 Å². The summed E-state index contributed by atoms with van der Waals surface area (Å²) in [6.45, 7) is 17.9. The Hall–Kier alpha value is -0.693. The molecule has 3 nitrogen and oxygen atoms in total. The van der Waals surface area contributed by atoms with Gasteiger partial charge in [0.05, 0.1) is 16.3 Å². The maximum Gasteiger partial charge on any atom is 0.236 e. The highest BCUT2D eigenvalue weighted by atomic mass is 32.2. The van der Waals surface area contributed by atoms with E-state index in [4.69, 9.17) is 4.43 Å². The Kier molecular flexibility index (Phi) is 7.22. The number of carbonyl (C=O) groups is 1. The van der Waals surface area contributed by atoms with Crippen LogP contribution in [0.15, 0.2) is 40.3 Å². The largest absolute Gasteiger partial charge is 0.413 e. The number of amides is 1. The lowest BCUT2D eigenvalue weighted by atomic mass is 9.90. The molecule has 1 aromatic rings. The summed E-state index contributed by atoms with van der Waals surface area (Å²) in [6.07, 6.45) is 1.97. The van der Waals surface area contributed by atoms with E-state index >= 15 is 0 Å². The summed E-state index contributed by atoms with van der Waals surface area (Å²) in [6, 6.07) is 10.7. The zero-order valence-electron chi connectivity index (χ0n) is 19.7. The number of benzene rings is 1. The SMILES string of the molecule is CCC(SC1=C(C)N2C(=O)[C@@H](C(CC)O[Si](C)(C)C(C)(C)C)[C@H]2S1)c1ccccc1. The Morgan fingerprint density at radius 1 is 1.17 bits per heavy atom. The smallest absolute Gasteiger partial charge is 0.236 e. The van der Waals surface area contributed by atoms with Gasteiger partial charge in [-0.15, -0.1) is 11.8 Å². The quantitative estimate of drug-likeness (QED) is 0.297. The van der Waals surface area contributed by atoms with E-state index in [1.54, 1.807) is 0 Å². The van der Waals surface area contributed by atoms with Crippen molar-refractivity contribution in [2.45, 2.75) is 89.2 Å². The van der Waals surface area contributed by atoms with Gasteiger partial charge in [0, 0.05) is 10.9 Å². The van der Waals surface area contributed by atoms with E-state index in [2.05, 4.69) is 85.0 Å². The maximum absolute atomic E-state index is 13.2. The first-order valence-electron chi connectivity index (χ1n) is 11.1. The molecule has 4 atom stereocenters. The lowest BCUT2D eigenvalue weighted by Gasteiger charge is -2.49. The van der Waals surface area contributed by atoms with Crippen molar-refractivity contribution >= 4 is 37.7 Å². The number of hydrogen-bond donors (Lipinski definition) is 0. The van der Waals surface area contributed by atoms with Gasteiger partial charge in [0.15, 0.2) is 8.32 Å². The van der Waals surface area contributed by atoms with Gasteiger partial charge in [-0.1, -0.05) is 76.7 Å². The lowest BCUT2D eigenvalue weighted by molar-refractivity contribution is -0.152. The summed E-state index contributed by atoms with van der Waals surface area (Å²) < 4.78 is 8.03. The highest BCUT2D eigenvalue weighted by Gasteiger charge is 2.57. The van der Waals surface area contributed by atoms with Crippen molar-refractivity contribution < 1.29 is 9.22 Å². The molecule has 0 radical (unpaired) electrons. The molecule has 0 bridgehead atoms. The molecule has 0 N–H and O–H groups in total. The van der Waals surface area contributed by atoms with Gasteiger partial charge in [0.1, 0.15) is 5.37 Å². The second kappa shape index (κ2) is 9.05. The molecular formula is C24H37NO2S2Si. The Balaban J connectivity index is 1.73. The van der Waals surface area contributed by atoms with Crippen LogP contribution in [0.1, 0.15) is 65.2 Å². The molecule has 30 heavy (non-hydrogen) atoms. The third kappa shape index (κ3) is 4.43. The Labute approximate surface area is 192 Å². The first-order valence-corrected chi connectivity index (χ1v) is 15.8. The van der Waals surface area contributed by atoms with Crippen LogP contribution in [0.5, 0.6) is 0 Å². The molecule has 2 aliphatic rings. The van der Waals surface area contributed by atoms with Crippen molar-refractivity contribution in [1.29, 1.82) is 0 Å². The number of β-lactam (4-membered cyclic amide) rings is 1. The van der Waals surface area contributed by atoms with Gasteiger partial charge in [-0.25, -0.2) is 0 Å². The first kappa shape index (κ1) is 24.0. The van der Waals surface area contributed by atoms with Crippen molar-refractivity contribution in [3.05, 3.63) is 45.8 Å². The molecule has 3 rings (SSSR count). The lowest BCUT2D eigenvalue weighted by Crippen LogP contribution is -2.62. The number of rotatable bonds is 8. The topological polar surface area (TPSA) is 29.5 Å². The minimum Gasteiger partial charge on any atom is -0.413 e. The number of hydrogen-bond acceptors (Lipinski definition) is 4. The standard InChI is InChI=1S/C24H37NO2S2Si/c1-9-18(27-30(7,8)24(4,5)6)20-21(26)25-16(3)23(29-22(20)25)28-19(10-2)17-14-12-11-13-15-17/h11-15,18-20,22H,9-10H2,1-8H3/t18?,19?,20-,22-/m1/s1. The first-order chi connectivity index (χ1) is 14.0. The Morgan fingerprint density at radius 2 is 1.80 bits per heavy atom. The minimum absolute atomic E-state index is 0.0142. The summed E-state index contributed by atoms with van der Waals surface area (Å²) >= 11 is 3.80. The predicted molar refractivity (Wildman–Crippen MR) is 134 cm³/mol. The average molecular weight is 464 g/mol. The third-order valence-corrected chi connectivity index (χ3v) is 14.6. The Bertz CT molecular complexity index is 803. The maximum atomic E-state index is 13.2. The van der Waals surface area contributed by atoms with E-state index in [9.17, 15) is 4.79 Å². The van der Waals surface area contributed by atoms with Crippen molar-refractivity contribution in [3.8, 4) is 0 Å². The van der Waals surface area contributed by atoms with Crippen molar-refractivity contribution in [2.24, 2.45) is 5.92 Å². The molecule has 1 fully saturated rings. The summed E-state index contributed by atoms with van der Waals surface area (Å²) in [5.41, 5.74) is 2.49. The average Bonchev–Trinajstić information content (AvgIpc) is 2.96. The number of fused-ring (bicyclic) bond motifs is 1. The van der Waals surface area contributed by atoms with E-state index in [-0.39, 0.29) is 28.3 Å². The zero-order chi connectivity index (χ0) is 22.3. The molecule has 2 unspecified atom stereocenters. The van der Waals surface area contributed by atoms with Crippen LogP contribution in [-0.2, 0) is 9.22 Å². The number of nitrogens with zero attached hydrogens (tertiary/aromatic N) is 1. The minimum atomic E-state index is -1.92. The van der Waals surface area contributed by atoms with E-state index in [0.717, 1.165) is 18.5 Å². The molecular weight excluding hydrogens is 426 g/mol. The van der Waals surface area contributed by atoms with Crippen LogP contribution in [0.4, 0.5) is 0 Å². The highest BCUT2D eigenvalue weighted by Crippen LogP contribution is 2.57. The van der Waals surface area contributed by atoms with Crippen LogP contribution in [0.2, 0.25) is 18.1 Å². The highest BCUT2D eigenvalue weighted by molar-refractivity contribution is 8.22. The fraction of sp³-hybridized carbons (Fsp3) is 0.625. The van der Waals surface area contributed by atoms with Crippen molar-refractivity contribution in [1.82, 2.24) is 4.90 Å². The van der Waals surface area contributed by atoms with E-state index < -0.39 is 8.32 Å². The second-order valence-corrected chi connectivity index (χ2v) is 17.2. The fourth-order valence-electron chi connectivity index (χ4n) is 3.87. The van der Waals surface area contributed by atoms with Gasteiger partial charge in [0.2, 0.25) is 5.91 Å². The van der Waals surface area contributed by atoms with Gasteiger partial charge >= 0.3 is 0 Å². The Morgan fingerprint density at radius 3 is 2.33 bits per heavy atom. The molecule has 0 saturated carbocycles. The van der Waals surface area contributed by atoms with E-state index in [0.29, 0.717) is 5.25 Å². The summed E-state index contributed by atoms with van der Waals surface area (Å²) in [4.78, 5) is 15.2. The van der Waals surface area contributed by atoms with Gasteiger partial charge in [-0.3, -0.25) is 4.79 Å². The molecule has 0 aromatic heterocycles. The second-order valence-electron chi connectivity index (χ2n) is 9.87. The van der Waals surface area contributed by atoms with Crippen LogP contribution in [0, 0.1) is 5.92 Å². The van der Waals surface area contributed by atoms with Crippen molar-refractivity contribution in [3.63, 3.8) is 0 Å². The summed E-state index contributed by atoms with van der Waals surface area (Å²) in [5.74, 6) is 0.220. The van der Waals surface area contributed by atoms with Crippen molar-refractivity contribution in [2.75, 3.05) is 0 Å². The molecule has 1 amide bonds. The van der Waals surface area contributed by atoms with Crippen LogP contribution in [0.3, 0.4) is 0 Å². The predicted octanol–water partition coefficient (Wildman–Crippen LogP) is 7.39. The molecule has 1 aromatic carbocycles. The number of allylic oxidation sites excluding steroid dienone is 1. The third-order valence-electron chi connectivity index (χ3n) is 6.82. The number of thioether (sulfide) groups is 2. The summed E-state index contributed by atoms with van der Waals surface area (Å²) in [5, 5.41) is 0.763. The molecule has 166 valence electrons. The fourth-order valence-corrected chi connectivity index (χ4v) is 8.44. The van der Waals surface area contributed by atoms with Gasteiger partial charge in [-0.05, 0) is 43.5 Å². The molecule has 0 aliphatic carbocycles. The molecule has 6 heteroatoms.